The summed E-state index contributed by atoms with van der Waals surface area (Å²) in [6.07, 6.45) is 1.40. The molecule has 1 heterocycles. The topological polar surface area (TPSA) is 117 Å². The van der Waals surface area contributed by atoms with Crippen LogP contribution >= 0.6 is 23.2 Å². The highest BCUT2D eigenvalue weighted by molar-refractivity contribution is 6.34. The number of carbonyl (C=O) groups is 2. The standard InChI is InChI=1S/C25H16Cl2N2O7/c1-13-15(7-5-9-20(13)29(32)33)23-28-19(25(31)36-23)11-14-10-18(27)22(21(12-14)34-2)35-24(30)16-6-3-4-8-17(16)26/h3-12H,1-2H3/b19-11-. The lowest BCUT2D eigenvalue weighted by Gasteiger charge is -2.12. The van der Waals surface area contributed by atoms with Crippen molar-refractivity contribution in [1.82, 2.24) is 0 Å². The van der Waals surface area contributed by atoms with Gasteiger partial charge in [-0.15, -0.1) is 0 Å². The monoisotopic (exact) mass is 526 g/mol. The molecule has 9 nitrogen and oxygen atoms in total. The smallest absolute Gasteiger partial charge is 0.363 e. The Morgan fingerprint density at radius 1 is 1.11 bits per heavy atom. The minimum absolute atomic E-state index is 0.0309. The van der Waals surface area contributed by atoms with Crippen LogP contribution in [0.2, 0.25) is 10.0 Å². The molecule has 0 fully saturated rings. The zero-order valence-corrected chi connectivity index (χ0v) is 20.3. The number of halogens is 2. The minimum Gasteiger partial charge on any atom is -0.493 e. The number of rotatable bonds is 6. The van der Waals surface area contributed by atoms with E-state index in [1.807, 2.05) is 0 Å². The van der Waals surface area contributed by atoms with Crippen molar-refractivity contribution in [2.75, 3.05) is 7.11 Å². The molecule has 36 heavy (non-hydrogen) atoms. The Hall–Kier alpha value is -4.21. The van der Waals surface area contributed by atoms with E-state index in [1.54, 1.807) is 31.2 Å². The number of methoxy groups -OCH3 is 1. The number of esters is 2. The van der Waals surface area contributed by atoms with E-state index in [0.29, 0.717) is 16.7 Å². The minimum atomic E-state index is -0.750. The molecule has 11 heteroatoms. The number of carbonyl (C=O) groups excluding carboxylic acids is 2. The average Bonchev–Trinajstić information content (AvgIpc) is 3.20. The summed E-state index contributed by atoms with van der Waals surface area (Å²) in [6.45, 7) is 1.54. The van der Waals surface area contributed by atoms with E-state index in [0.717, 1.165) is 0 Å². The molecule has 0 aromatic heterocycles. The Bertz CT molecular complexity index is 1480. The van der Waals surface area contributed by atoms with Gasteiger partial charge < -0.3 is 14.2 Å². The largest absolute Gasteiger partial charge is 0.493 e. The molecule has 0 unspecified atom stereocenters. The van der Waals surface area contributed by atoms with Gasteiger partial charge in [0, 0.05) is 17.2 Å². The fraction of sp³-hybridized carbons (Fsp3) is 0.0800. The third-order valence-electron chi connectivity index (χ3n) is 5.20. The molecule has 0 aliphatic carbocycles. The van der Waals surface area contributed by atoms with E-state index in [-0.39, 0.29) is 44.4 Å². The molecule has 0 amide bonds. The van der Waals surface area contributed by atoms with E-state index >= 15 is 0 Å². The van der Waals surface area contributed by atoms with Crippen LogP contribution in [0, 0.1) is 17.0 Å². The first-order valence-corrected chi connectivity index (χ1v) is 11.1. The predicted molar refractivity (Wildman–Crippen MR) is 133 cm³/mol. The molecular formula is C25H16Cl2N2O7. The number of ether oxygens (including phenoxy) is 3. The number of aliphatic imine (C=N–C) groups is 1. The van der Waals surface area contributed by atoms with Gasteiger partial charge in [-0.3, -0.25) is 10.1 Å². The van der Waals surface area contributed by atoms with Crippen molar-refractivity contribution in [1.29, 1.82) is 0 Å². The summed E-state index contributed by atoms with van der Waals surface area (Å²) in [4.78, 5) is 39.9. The molecule has 3 aromatic carbocycles. The van der Waals surface area contributed by atoms with Gasteiger partial charge in [0.15, 0.2) is 17.2 Å². The molecule has 4 rings (SSSR count). The zero-order chi connectivity index (χ0) is 26.0. The number of benzene rings is 3. The average molecular weight is 527 g/mol. The van der Waals surface area contributed by atoms with E-state index in [1.165, 1.54) is 43.5 Å². The Morgan fingerprint density at radius 2 is 1.86 bits per heavy atom. The molecular weight excluding hydrogens is 511 g/mol. The van der Waals surface area contributed by atoms with E-state index in [9.17, 15) is 19.7 Å². The van der Waals surface area contributed by atoms with Crippen LogP contribution in [0.3, 0.4) is 0 Å². The van der Waals surface area contributed by atoms with Crippen molar-refractivity contribution in [2.24, 2.45) is 4.99 Å². The van der Waals surface area contributed by atoms with Gasteiger partial charge in [0.2, 0.25) is 5.90 Å². The van der Waals surface area contributed by atoms with Crippen molar-refractivity contribution in [3.63, 3.8) is 0 Å². The summed E-state index contributed by atoms with van der Waals surface area (Å²) in [5.74, 6) is -1.44. The van der Waals surface area contributed by atoms with Crippen LogP contribution in [-0.2, 0) is 9.53 Å². The number of nitro benzene ring substituents is 1. The van der Waals surface area contributed by atoms with Gasteiger partial charge >= 0.3 is 11.9 Å². The first-order chi connectivity index (χ1) is 17.2. The maximum Gasteiger partial charge on any atom is 0.363 e. The third-order valence-corrected chi connectivity index (χ3v) is 5.81. The van der Waals surface area contributed by atoms with Crippen molar-refractivity contribution < 1.29 is 28.7 Å². The first-order valence-electron chi connectivity index (χ1n) is 10.3. The van der Waals surface area contributed by atoms with E-state index in [4.69, 9.17) is 37.4 Å². The fourth-order valence-corrected chi connectivity index (χ4v) is 3.90. The van der Waals surface area contributed by atoms with Crippen molar-refractivity contribution in [3.8, 4) is 11.5 Å². The quantitative estimate of drug-likeness (QED) is 0.131. The van der Waals surface area contributed by atoms with Crippen LogP contribution in [0.5, 0.6) is 11.5 Å². The fourth-order valence-electron chi connectivity index (χ4n) is 3.43. The number of nitrogens with zero attached hydrogens (tertiary/aromatic N) is 2. The second-order valence-electron chi connectivity index (χ2n) is 7.45. The highest BCUT2D eigenvalue weighted by Gasteiger charge is 2.28. The maximum atomic E-state index is 12.6. The van der Waals surface area contributed by atoms with Crippen LogP contribution in [-0.4, -0.2) is 29.9 Å². The molecule has 0 spiro atoms. The highest BCUT2D eigenvalue weighted by atomic mass is 35.5. The van der Waals surface area contributed by atoms with Crippen LogP contribution in [0.25, 0.3) is 6.08 Å². The summed E-state index contributed by atoms with van der Waals surface area (Å²) in [5.41, 5.74) is 0.998. The Kier molecular flexibility index (Phi) is 7.05. The first kappa shape index (κ1) is 24.9. The molecule has 0 saturated carbocycles. The molecule has 182 valence electrons. The van der Waals surface area contributed by atoms with Crippen LogP contribution in [0.4, 0.5) is 5.69 Å². The summed E-state index contributed by atoms with van der Waals surface area (Å²) >= 11 is 12.4. The van der Waals surface area contributed by atoms with Crippen molar-refractivity contribution >= 4 is 52.8 Å². The normalized spacial score (nSPS) is 13.8. The van der Waals surface area contributed by atoms with Crippen LogP contribution < -0.4 is 9.47 Å². The SMILES string of the molecule is COc1cc(/C=C2\N=C(c3cccc([N+](=O)[O-])c3C)OC2=O)cc(Cl)c1OC(=O)c1ccccc1Cl. The van der Waals surface area contributed by atoms with E-state index in [2.05, 4.69) is 4.99 Å². The lowest BCUT2D eigenvalue weighted by molar-refractivity contribution is -0.385. The number of nitro groups is 1. The lowest BCUT2D eigenvalue weighted by atomic mass is 10.1. The van der Waals surface area contributed by atoms with E-state index < -0.39 is 16.9 Å². The molecule has 0 atom stereocenters. The third kappa shape index (κ3) is 4.93. The zero-order valence-electron chi connectivity index (χ0n) is 18.8. The summed E-state index contributed by atoms with van der Waals surface area (Å²) in [7, 11) is 1.36. The molecule has 0 saturated heterocycles. The van der Waals surface area contributed by atoms with Gasteiger partial charge in [-0.25, -0.2) is 14.6 Å². The number of hydrogen-bond acceptors (Lipinski definition) is 8. The molecule has 1 aliphatic rings. The highest BCUT2D eigenvalue weighted by Crippen LogP contribution is 2.38. The summed E-state index contributed by atoms with van der Waals surface area (Å²) in [6, 6.07) is 13.7. The van der Waals surface area contributed by atoms with Gasteiger partial charge in [-0.2, -0.15) is 0 Å². The molecule has 0 bridgehead atoms. The molecule has 1 aliphatic heterocycles. The number of hydrogen-bond donors (Lipinski definition) is 0. The predicted octanol–water partition coefficient (Wildman–Crippen LogP) is 5.78. The van der Waals surface area contributed by atoms with Gasteiger partial charge in [0.25, 0.3) is 5.69 Å². The molecule has 0 radical (unpaired) electrons. The Morgan fingerprint density at radius 3 is 2.56 bits per heavy atom. The van der Waals surface area contributed by atoms with Gasteiger partial charge in [0.1, 0.15) is 0 Å². The summed E-state index contributed by atoms with van der Waals surface area (Å²) < 4.78 is 16.0. The van der Waals surface area contributed by atoms with Gasteiger partial charge in [-0.1, -0.05) is 41.4 Å². The number of cyclic esters (lactones) is 1. The van der Waals surface area contributed by atoms with Gasteiger partial charge in [-0.05, 0) is 48.9 Å². The second-order valence-corrected chi connectivity index (χ2v) is 8.26. The van der Waals surface area contributed by atoms with Crippen LogP contribution in [0.15, 0.2) is 65.3 Å². The summed E-state index contributed by atoms with van der Waals surface area (Å²) in [5, 5.41) is 11.5. The lowest BCUT2D eigenvalue weighted by Crippen LogP contribution is -2.10. The maximum absolute atomic E-state index is 12.6. The second kappa shape index (κ2) is 10.2. The Balaban J connectivity index is 1.66. The van der Waals surface area contributed by atoms with Crippen molar-refractivity contribution in [3.05, 3.63) is 103 Å². The van der Waals surface area contributed by atoms with Gasteiger partial charge in [0.05, 0.1) is 27.6 Å². The molecule has 3 aromatic rings. The van der Waals surface area contributed by atoms with Crippen molar-refractivity contribution in [2.45, 2.75) is 6.92 Å². The Labute approximate surface area is 214 Å². The van der Waals surface area contributed by atoms with Crippen LogP contribution in [0.1, 0.15) is 27.0 Å². The molecule has 0 N–H and O–H groups in total.